The minimum atomic E-state index is -0.249. The SMILES string of the molecule is CCOc1ccc(N(CCC#N)C(=O)c2cc(Br)ccc2Cl)cc1. The monoisotopic (exact) mass is 406 g/mol. The predicted molar refractivity (Wildman–Crippen MR) is 98.7 cm³/mol. The van der Waals surface area contributed by atoms with Crippen LogP contribution in [-0.4, -0.2) is 19.1 Å². The molecular formula is C18H16BrClN2O2. The summed E-state index contributed by atoms with van der Waals surface area (Å²) in [7, 11) is 0. The number of anilines is 1. The number of rotatable bonds is 6. The topological polar surface area (TPSA) is 53.3 Å². The first-order chi connectivity index (χ1) is 11.6. The van der Waals surface area contributed by atoms with E-state index in [4.69, 9.17) is 21.6 Å². The fraction of sp³-hybridized carbons (Fsp3) is 0.222. The molecule has 0 bridgehead atoms. The molecule has 4 nitrogen and oxygen atoms in total. The number of carbonyl (C=O) groups excluding carboxylic acids is 1. The number of carbonyl (C=O) groups is 1. The summed E-state index contributed by atoms with van der Waals surface area (Å²) in [5, 5.41) is 9.26. The number of benzene rings is 2. The summed E-state index contributed by atoms with van der Waals surface area (Å²) in [4.78, 5) is 14.5. The molecule has 0 unspecified atom stereocenters. The van der Waals surface area contributed by atoms with Crippen LogP contribution >= 0.6 is 27.5 Å². The van der Waals surface area contributed by atoms with Crippen molar-refractivity contribution in [3.8, 4) is 11.8 Å². The average Bonchev–Trinajstić information content (AvgIpc) is 2.59. The van der Waals surface area contributed by atoms with Crippen molar-refractivity contribution in [3.63, 3.8) is 0 Å². The summed E-state index contributed by atoms with van der Waals surface area (Å²) in [6, 6.07) is 14.4. The van der Waals surface area contributed by atoms with Gasteiger partial charge in [-0.05, 0) is 49.4 Å². The third kappa shape index (κ3) is 4.50. The van der Waals surface area contributed by atoms with Gasteiger partial charge in [-0.3, -0.25) is 4.79 Å². The van der Waals surface area contributed by atoms with E-state index in [1.807, 2.05) is 6.92 Å². The number of nitriles is 1. The summed E-state index contributed by atoms with van der Waals surface area (Å²) in [5.74, 6) is 0.482. The van der Waals surface area contributed by atoms with E-state index in [2.05, 4.69) is 22.0 Å². The molecule has 0 aliphatic rings. The molecule has 2 rings (SSSR count). The molecule has 0 saturated heterocycles. The Morgan fingerprint density at radius 1 is 1.29 bits per heavy atom. The number of amides is 1. The fourth-order valence-electron chi connectivity index (χ4n) is 2.21. The molecule has 2 aromatic carbocycles. The van der Waals surface area contributed by atoms with Gasteiger partial charge in [0, 0.05) is 16.7 Å². The number of halogens is 2. The molecular weight excluding hydrogens is 392 g/mol. The van der Waals surface area contributed by atoms with Gasteiger partial charge >= 0.3 is 0 Å². The van der Waals surface area contributed by atoms with Crippen LogP contribution < -0.4 is 9.64 Å². The molecule has 1 amide bonds. The Balaban J connectivity index is 2.35. The third-order valence-electron chi connectivity index (χ3n) is 3.31. The van der Waals surface area contributed by atoms with E-state index in [-0.39, 0.29) is 18.9 Å². The number of ether oxygens (including phenoxy) is 1. The Labute approximate surface area is 154 Å². The molecule has 0 heterocycles. The van der Waals surface area contributed by atoms with Crippen LogP contribution in [0.4, 0.5) is 5.69 Å². The molecule has 0 atom stereocenters. The van der Waals surface area contributed by atoms with Crippen molar-refractivity contribution in [2.45, 2.75) is 13.3 Å². The van der Waals surface area contributed by atoms with Gasteiger partial charge in [-0.15, -0.1) is 0 Å². The van der Waals surface area contributed by atoms with Gasteiger partial charge in [0.1, 0.15) is 5.75 Å². The van der Waals surface area contributed by atoms with Gasteiger partial charge in [-0.25, -0.2) is 0 Å². The zero-order valence-electron chi connectivity index (χ0n) is 13.1. The largest absolute Gasteiger partial charge is 0.494 e. The van der Waals surface area contributed by atoms with Crippen molar-refractivity contribution < 1.29 is 9.53 Å². The normalized spacial score (nSPS) is 10.1. The van der Waals surface area contributed by atoms with Gasteiger partial charge in [0.05, 0.1) is 29.7 Å². The zero-order valence-corrected chi connectivity index (χ0v) is 15.5. The Kier molecular flexibility index (Phi) is 6.65. The van der Waals surface area contributed by atoms with Crippen LogP contribution in [0.25, 0.3) is 0 Å². The zero-order chi connectivity index (χ0) is 17.5. The Morgan fingerprint density at radius 2 is 2.00 bits per heavy atom. The highest BCUT2D eigenvalue weighted by Gasteiger charge is 2.20. The van der Waals surface area contributed by atoms with Crippen LogP contribution in [0.5, 0.6) is 5.75 Å². The summed E-state index contributed by atoms with van der Waals surface area (Å²) < 4.78 is 6.18. The lowest BCUT2D eigenvalue weighted by atomic mass is 10.1. The lowest BCUT2D eigenvalue weighted by Crippen LogP contribution is -2.32. The van der Waals surface area contributed by atoms with Gasteiger partial charge in [0.2, 0.25) is 0 Å². The Morgan fingerprint density at radius 3 is 2.62 bits per heavy atom. The van der Waals surface area contributed by atoms with Gasteiger partial charge in [0.25, 0.3) is 5.91 Å². The second-order valence-corrected chi connectivity index (χ2v) is 6.24. The first kappa shape index (κ1) is 18.3. The van der Waals surface area contributed by atoms with Crippen LogP contribution in [0.2, 0.25) is 5.02 Å². The van der Waals surface area contributed by atoms with E-state index in [0.29, 0.717) is 22.9 Å². The first-order valence-corrected chi connectivity index (χ1v) is 8.60. The fourth-order valence-corrected chi connectivity index (χ4v) is 2.76. The maximum absolute atomic E-state index is 12.9. The first-order valence-electron chi connectivity index (χ1n) is 7.43. The molecule has 0 aromatic heterocycles. The lowest BCUT2D eigenvalue weighted by Gasteiger charge is -2.23. The molecule has 0 N–H and O–H groups in total. The molecule has 0 radical (unpaired) electrons. The highest BCUT2D eigenvalue weighted by molar-refractivity contribution is 9.10. The van der Waals surface area contributed by atoms with Crippen LogP contribution in [-0.2, 0) is 0 Å². The second-order valence-electron chi connectivity index (χ2n) is 4.92. The van der Waals surface area contributed by atoms with E-state index in [0.717, 1.165) is 10.2 Å². The van der Waals surface area contributed by atoms with E-state index < -0.39 is 0 Å². The van der Waals surface area contributed by atoms with Crippen LogP contribution in [0.1, 0.15) is 23.7 Å². The van der Waals surface area contributed by atoms with Crippen molar-refractivity contribution in [3.05, 3.63) is 57.5 Å². The molecule has 2 aromatic rings. The van der Waals surface area contributed by atoms with Crippen molar-refractivity contribution in [1.29, 1.82) is 5.26 Å². The number of hydrogen-bond donors (Lipinski definition) is 0. The van der Waals surface area contributed by atoms with Crippen LogP contribution in [0.3, 0.4) is 0 Å². The molecule has 24 heavy (non-hydrogen) atoms. The Bertz CT molecular complexity index is 757. The van der Waals surface area contributed by atoms with Crippen LogP contribution in [0.15, 0.2) is 46.9 Å². The molecule has 0 saturated carbocycles. The highest BCUT2D eigenvalue weighted by Crippen LogP contribution is 2.26. The second kappa shape index (κ2) is 8.72. The maximum atomic E-state index is 12.9. The number of hydrogen-bond acceptors (Lipinski definition) is 3. The van der Waals surface area contributed by atoms with Gasteiger partial charge in [0.15, 0.2) is 0 Å². The maximum Gasteiger partial charge on any atom is 0.259 e. The van der Waals surface area contributed by atoms with E-state index in [1.165, 1.54) is 0 Å². The molecule has 124 valence electrons. The molecule has 0 aliphatic heterocycles. The third-order valence-corrected chi connectivity index (χ3v) is 4.13. The van der Waals surface area contributed by atoms with Crippen LogP contribution in [0, 0.1) is 11.3 Å². The molecule has 0 aliphatic carbocycles. The average molecular weight is 408 g/mol. The summed E-state index contributed by atoms with van der Waals surface area (Å²) in [6.07, 6.45) is 0.227. The quantitative estimate of drug-likeness (QED) is 0.672. The number of nitrogens with zero attached hydrogens (tertiary/aromatic N) is 2. The van der Waals surface area contributed by atoms with Gasteiger partial charge in [-0.1, -0.05) is 27.5 Å². The smallest absolute Gasteiger partial charge is 0.259 e. The van der Waals surface area contributed by atoms with Crippen molar-refractivity contribution in [2.24, 2.45) is 0 Å². The molecule has 6 heteroatoms. The van der Waals surface area contributed by atoms with Crippen molar-refractivity contribution in [1.82, 2.24) is 0 Å². The van der Waals surface area contributed by atoms with Crippen molar-refractivity contribution >= 4 is 39.1 Å². The van der Waals surface area contributed by atoms with Gasteiger partial charge in [-0.2, -0.15) is 5.26 Å². The summed E-state index contributed by atoms with van der Waals surface area (Å²) in [5.41, 5.74) is 1.08. The lowest BCUT2D eigenvalue weighted by molar-refractivity contribution is 0.0987. The van der Waals surface area contributed by atoms with Gasteiger partial charge < -0.3 is 9.64 Å². The van der Waals surface area contributed by atoms with Crippen molar-refractivity contribution in [2.75, 3.05) is 18.1 Å². The summed E-state index contributed by atoms with van der Waals surface area (Å²) >= 11 is 9.52. The van der Waals surface area contributed by atoms with E-state index >= 15 is 0 Å². The highest BCUT2D eigenvalue weighted by atomic mass is 79.9. The van der Waals surface area contributed by atoms with E-state index in [9.17, 15) is 4.79 Å². The predicted octanol–water partition coefficient (Wildman–Crippen LogP) is 5.06. The molecule has 0 spiro atoms. The Hall–Kier alpha value is -2.03. The minimum Gasteiger partial charge on any atom is -0.494 e. The minimum absolute atomic E-state index is 0.227. The van der Waals surface area contributed by atoms with E-state index in [1.54, 1.807) is 47.4 Å². The summed E-state index contributed by atoms with van der Waals surface area (Å²) in [6.45, 7) is 2.77. The standard InChI is InChI=1S/C18H16BrClN2O2/c1-2-24-15-7-5-14(6-8-15)22(11-3-10-21)18(23)16-12-13(19)4-9-17(16)20/h4-9,12H,2-3,11H2,1H3. The molecule has 0 fully saturated rings.